The molecule has 25 heavy (non-hydrogen) atoms. The van der Waals surface area contributed by atoms with Crippen molar-refractivity contribution in [3.63, 3.8) is 0 Å². The van der Waals surface area contributed by atoms with Crippen molar-refractivity contribution >= 4 is 28.9 Å². The number of thiazole rings is 1. The molecule has 3 aromatic rings. The van der Waals surface area contributed by atoms with Crippen LogP contribution in [0.5, 0.6) is 0 Å². The van der Waals surface area contributed by atoms with E-state index in [0.29, 0.717) is 10.2 Å². The molecule has 0 saturated heterocycles. The highest BCUT2D eigenvalue weighted by atomic mass is 32.2. The Labute approximate surface area is 152 Å². The number of tetrazole rings is 1. The molecular weight excluding hydrogens is 356 g/mol. The second kappa shape index (κ2) is 7.55. The number of hydrogen-bond donors (Lipinski definition) is 0. The third kappa shape index (κ3) is 3.92. The number of thioether (sulfide) groups is 1. The Hall–Kier alpha value is -2.57. The minimum absolute atomic E-state index is 0.100. The molecule has 2 heterocycles. The van der Waals surface area contributed by atoms with Gasteiger partial charge in [-0.1, -0.05) is 29.5 Å². The number of ketones is 1. The standard InChI is InChI=1S/C16H14N6OS2/c1-10-3-5-12(6-4-10)22-16(19-20-21-22)25-9-14(23)13(7-17)15-18-11(2)8-24-15/h3-6,8,13H,9H2,1-2H3/t13-/m0/s1. The van der Waals surface area contributed by atoms with Crippen molar-refractivity contribution in [1.29, 1.82) is 5.26 Å². The van der Waals surface area contributed by atoms with Crippen LogP contribution in [0.25, 0.3) is 5.69 Å². The first-order chi connectivity index (χ1) is 12.1. The van der Waals surface area contributed by atoms with Gasteiger partial charge in [0.1, 0.15) is 5.01 Å². The van der Waals surface area contributed by atoms with Crippen LogP contribution in [0.2, 0.25) is 0 Å². The van der Waals surface area contributed by atoms with E-state index in [0.717, 1.165) is 16.9 Å². The minimum Gasteiger partial charge on any atom is -0.297 e. The minimum atomic E-state index is -0.852. The molecule has 126 valence electrons. The zero-order valence-electron chi connectivity index (χ0n) is 13.6. The number of aromatic nitrogens is 5. The Morgan fingerprint density at radius 1 is 1.36 bits per heavy atom. The average Bonchev–Trinajstić information content (AvgIpc) is 3.23. The quantitative estimate of drug-likeness (QED) is 0.615. The zero-order valence-corrected chi connectivity index (χ0v) is 15.2. The third-order valence-electron chi connectivity index (χ3n) is 3.40. The molecule has 1 atom stereocenters. The van der Waals surface area contributed by atoms with Crippen LogP contribution in [0.3, 0.4) is 0 Å². The van der Waals surface area contributed by atoms with Gasteiger partial charge in [0, 0.05) is 11.1 Å². The first-order valence-electron chi connectivity index (χ1n) is 7.41. The normalized spacial score (nSPS) is 11.9. The highest BCUT2D eigenvalue weighted by Gasteiger charge is 2.24. The molecule has 0 saturated carbocycles. The van der Waals surface area contributed by atoms with Crippen LogP contribution in [-0.4, -0.2) is 36.7 Å². The summed E-state index contributed by atoms with van der Waals surface area (Å²) in [6.45, 7) is 3.84. The highest BCUT2D eigenvalue weighted by Crippen LogP contribution is 2.25. The van der Waals surface area contributed by atoms with Gasteiger partial charge in [-0.2, -0.15) is 9.94 Å². The monoisotopic (exact) mass is 370 g/mol. The fraction of sp³-hybridized carbons (Fsp3) is 0.250. The number of nitrogens with zero attached hydrogens (tertiary/aromatic N) is 6. The van der Waals surface area contributed by atoms with E-state index >= 15 is 0 Å². The van der Waals surface area contributed by atoms with E-state index < -0.39 is 5.92 Å². The van der Waals surface area contributed by atoms with Gasteiger partial charge < -0.3 is 0 Å². The van der Waals surface area contributed by atoms with Gasteiger partial charge in [-0.05, 0) is 36.4 Å². The number of hydrogen-bond acceptors (Lipinski definition) is 8. The molecule has 0 amide bonds. The van der Waals surface area contributed by atoms with Crippen LogP contribution >= 0.6 is 23.1 Å². The Bertz CT molecular complexity index is 925. The van der Waals surface area contributed by atoms with Crippen molar-refractivity contribution in [2.24, 2.45) is 0 Å². The average molecular weight is 370 g/mol. The molecule has 0 radical (unpaired) electrons. The van der Waals surface area contributed by atoms with Crippen LogP contribution in [0, 0.1) is 25.2 Å². The number of Topliss-reactive ketones (excluding diaryl/α,β-unsaturated/α-hetero) is 1. The summed E-state index contributed by atoms with van der Waals surface area (Å²) in [6, 6.07) is 9.79. The van der Waals surface area contributed by atoms with Crippen LogP contribution in [-0.2, 0) is 4.79 Å². The molecule has 0 aliphatic rings. The molecule has 9 heteroatoms. The van der Waals surface area contributed by atoms with E-state index in [9.17, 15) is 10.1 Å². The van der Waals surface area contributed by atoms with Gasteiger partial charge in [0.2, 0.25) is 5.16 Å². The van der Waals surface area contributed by atoms with Crippen molar-refractivity contribution in [2.75, 3.05) is 5.75 Å². The fourth-order valence-electron chi connectivity index (χ4n) is 2.11. The van der Waals surface area contributed by atoms with Crippen LogP contribution in [0.15, 0.2) is 34.8 Å². The van der Waals surface area contributed by atoms with Gasteiger partial charge in [-0.25, -0.2) is 4.98 Å². The van der Waals surface area contributed by atoms with Gasteiger partial charge in [0.15, 0.2) is 11.7 Å². The predicted molar refractivity (Wildman–Crippen MR) is 94.8 cm³/mol. The Morgan fingerprint density at radius 3 is 2.76 bits per heavy atom. The Balaban J connectivity index is 1.72. The number of aryl methyl sites for hydroxylation is 2. The second-order valence-corrected chi connectivity index (χ2v) is 7.19. The molecule has 1 aromatic carbocycles. The van der Waals surface area contributed by atoms with Crippen molar-refractivity contribution in [1.82, 2.24) is 25.2 Å². The molecule has 0 fully saturated rings. The molecule has 0 bridgehead atoms. The summed E-state index contributed by atoms with van der Waals surface area (Å²) >= 11 is 2.54. The Kier molecular flexibility index (Phi) is 5.21. The summed E-state index contributed by atoms with van der Waals surface area (Å²) < 4.78 is 1.58. The van der Waals surface area contributed by atoms with Crippen molar-refractivity contribution in [3.05, 3.63) is 45.9 Å². The number of carbonyl (C=O) groups is 1. The van der Waals surface area contributed by atoms with E-state index in [1.54, 1.807) is 4.68 Å². The van der Waals surface area contributed by atoms with Crippen LogP contribution < -0.4 is 0 Å². The summed E-state index contributed by atoms with van der Waals surface area (Å²) in [5.41, 5.74) is 2.76. The maximum Gasteiger partial charge on any atom is 0.214 e. The molecule has 0 N–H and O–H groups in total. The summed E-state index contributed by atoms with van der Waals surface area (Å²) in [5, 5.41) is 23.8. The lowest BCUT2D eigenvalue weighted by molar-refractivity contribution is -0.116. The smallest absolute Gasteiger partial charge is 0.214 e. The number of rotatable bonds is 6. The summed E-state index contributed by atoms with van der Waals surface area (Å²) in [7, 11) is 0. The van der Waals surface area contributed by atoms with Gasteiger partial charge in [0.05, 0.1) is 17.5 Å². The first-order valence-corrected chi connectivity index (χ1v) is 9.27. The van der Waals surface area contributed by atoms with Crippen molar-refractivity contribution < 1.29 is 4.79 Å². The predicted octanol–water partition coefficient (Wildman–Crippen LogP) is 2.70. The van der Waals surface area contributed by atoms with E-state index in [-0.39, 0.29) is 11.5 Å². The highest BCUT2D eigenvalue weighted by molar-refractivity contribution is 7.99. The molecule has 7 nitrogen and oxygen atoms in total. The first kappa shape index (κ1) is 17.3. The van der Waals surface area contributed by atoms with E-state index in [4.69, 9.17) is 0 Å². The molecule has 0 aliphatic heterocycles. The molecule has 0 unspecified atom stereocenters. The lowest BCUT2D eigenvalue weighted by atomic mass is 10.1. The van der Waals surface area contributed by atoms with Gasteiger partial charge in [-0.15, -0.1) is 16.4 Å². The zero-order chi connectivity index (χ0) is 17.8. The second-order valence-electron chi connectivity index (χ2n) is 5.35. The third-order valence-corrected chi connectivity index (χ3v) is 5.37. The summed E-state index contributed by atoms with van der Waals surface area (Å²) in [6.07, 6.45) is 0. The maximum atomic E-state index is 12.4. The topological polar surface area (TPSA) is 97.4 Å². The van der Waals surface area contributed by atoms with Crippen molar-refractivity contribution in [3.8, 4) is 11.8 Å². The molecule has 2 aromatic heterocycles. The van der Waals surface area contributed by atoms with Gasteiger partial charge >= 0.3 is 0 Å². The van der Waals surface area contributed by atoms with Crippen LogP contribution in [0.4, 0.5) is 0 Å². The lowest BCUT2D eigenvalue weighted by Crippen LogP contribution is -2.13. The molecular formula is C16H14N6OS2. The molecule has 0 spiro atoms. The number of benzene rings is 1. The van der Waals surface area contributed by atoms with Crippen molar-refractivity contribution in [2.45, 2.75) is 24.9 Å². The lowest BCUT2D eigenvalue weighted by Gasteiger charge is -2.06. The van der Waals surface area contributed by atoms with E-state index in [1.807, 2.05) is 49.6 Å². The number of carbonyl (C=O) groups excluding carboxylic acids is 1. The Morgan fingerprint density at radius 2 is 2.12 bits per heavy atom. The largest absolute Gasteiger partial charge is 0.297 e. The molecule has 3 rings (SSSR count). The summed E-state index contributed by atoms with van der Waals surface area (Å²) in [5.74, 6) is -0.960. The number of nitriles is 1. The van der Waals surface area contributed by atoms with Crippen LogP contribution in [0.1, 0.15) is 22.2 Å². The van der Waals surface area contributed by atoms with E-state index in [1.165, 1.54) is 23.1 Å². The fourth-order valence-corrected chi connectivity index (χ4v) is 3.76. The SMILES string of the molecule is Cc1ccc(-n2nnnc2SCC(=O)[C@H](C#N)c2nc(C)cs2)cc1. The van der Waals surface area contributed by atoms with Gasteiger partial charge in [0.25, 0.3) is 0 Å². The van der Waals surface area contributed by atoms with E-state index in [2.05, 4.69) is 20.5 Å². The maximum absolute atomic E-state index is 12.4. The molecule has 0 aliphatic carbocycles. The summed E-state index contributed by atoms with van der Waals surface area (Å²) in [4.78, 5) is 16.7. The van der Waals surface area contributed by atoms with Gasteiger partial charge in [-0.3, -0.25) is 4.79 Å².